The molecule has 0 bridgehead atoms. The number of carbonyl (C=O) groups is 1. The molecule has 1 unspecified atom stereocenters. The molecule has 1 aromatic carbocycles. The number of urea groups is 1. The Morgan fingerprint density at radius 1 is 1.21 bits per heavy atom. The third kappa shape index (κ3) is 4.01. The SMILES string of the molecule is O=C(Nc1ccn(-c2ccccc2)n1)NC(CCO)c1cccs1. The van der Waals surface area contributed by atoms with E-state index in [2.05, 4.69) is 15.7 Å². The smallest absolute Gasteiger partial charge is 0.320 e. The van der Waals surface area contributed by atoms with Crippen LogP contribution in [-0.4, -0.2) is 27.5 Å². The van der Waals surface area contributed by atoms with Crippen LogP contribution in [0.3, 0.4) is 0 Å². The van der Waals surface area contributed by atoms with Crippen LogP contribution in [0.5, 0.6) is 0 Å². The number of benzene rings is 1. The molecule has 2 aromatic heterocycles. The summed E-state index contributed by atoms with van der Waals surface area (Å²) < 4.78 is 1.69. The molecule has 1 atom stereocenters. The van der Waals surface area contributed by atoms with Crippen molar-refractivity contribution in [1.82, 2.24) is 15.1 Å². The molecule has 7 heteroatoms. The van der Waals surface area contributed by atoms with Crippen molar-refractivity contribution in [3.8, 4) is 5.69 Å². The van der Waals surface area contributed by atoms with E-state index in [1.165, 1.54) is 0 Å². The van der Waals surface area contributed by atoms with E-state index < -0.39 is 0 Å². The molecule has 124 valence electrons. The largest absolute Gasteiger partial charge is 0.396 e. The van der Waals surface area contributed by atoms with Gasteiger partial charge in [0.15, 0.2) is 5.82 Å². The minimum Gasteiger partial charge on any atom is -0.396 e. The van der Waals surface area contributed by atoms with E-state index in [4.69, 9.17) is 0 Å². The highest BCUT2D eigenvalue weighted by molar-refractivity contribution is 7.10. The lowest BCUT2D eigenvalue weighted by Crippen LogP contribution is -2.32. The summed E-state index contributed by atoms with van der Waals surface area (Å²) in [5.41, 5.74) is 0.919. The Kier molecular flexibility index (Phi) is 5.25. The van der Waals surface area contributed by atoms with Gasteiger partial charge in [0.2, 0.25) is 0 Å². The summed E-state index contributed by atoms with van der Waals surface area (Å²) in [5, 5.41) is 21.1. The first-order valence-electron chi connectivity index (χ1n) is 7.59. The highest BCUT2D eigenvalue weighted by Gasteiger charge is 2.15. The van der Waals surface area contributed by atoms with Crippen LogP contribution in [0.15, 0.2) is 60.1 Å². The van der Waals surface area contributed by atoms with Crippen LogP contribution < -0.4 is 10.6 Å². The normalized spacial score (nSPS) is 11.9. The van der Waals surface area contributed by atoms with E-state index in [9.17, 15) is 9.90 Å². The van der Waals surface area contributed by atoms with Gasteiger partial charge in [-0.05, 0) is 30.0 Å². The number of anilines is 1. The summed E-state index contributed by atoms with van der Waals surface area (Å²) in [6.45, 7) is 0.00544. The summed E-state index contributed by atoms with van der Waals surface area (Å²) >= 11 is 1.55. The van der Waals surface area contributed by atoms with Crippen LogP contribution in [-0.2, 0) is 0 Å². The Balaban J connectivity index is 1.63. The first-order chi connectivity index (χ1) is 11.8. The zero-order chi connectivity index (χ0) is 16.8. The fourth-order valence-corrected chi connectivity index (χ4v) is 3.14. The van der Waals surface area contributed by atoms with E-state index in [-0.39, 0.29) is 18.7 Å². The lowest BCUT2D eigenvalue weighted by Gasteiger charge is -2.16. The molecule has 3 rings (SSSR count). The molecule has 0 aliphatic heterocycles. The van der Waals surface area contributed by atoms with Gasteiger partial charge < -0.3 is 10.4 Å². The molecule has 3 N–H and O–H groups in total. The van der Waals surface area contributed by atoms with Crippen molar-refractivity contribution >= 4 is 23.2 Å². The number of nitrogens with one attached hydrogen (secondary N) is 2. The third-order valence-corrected chi connectivity index (χ3v) is 4.45. The van der Waals surface area contributed by atoms with Crippen molar-refractivity contribution in [2.24, 2.45) is 0 Å². The molecule has 0 saturated carbocycles. The summed E-state index contributed by atoms with van der Waals surface area (Å²) in [6, 6.07) is 14.7. The van der Waals surface area contributed by atoms with Gasteiger partial charge >= 0.3 is 6.03 Å². The minimum absolute atomic E-state index is 0.00544. The van der Waals surface area contributed by atoms with Gasteiger partial charge in [-0.1, -0.05) is 24.3 Å². The summed E-state index contributed by atoms with van der Waals surface area (Å²) in [6.07, 6.45) is 2.25. The van der Waals surface area contributed by atoms with Crippen LogP contribution in [0.2, 0.25) is 0 Å². The number of rotatable bonds is 6. The number of carbonyl (C=O) groups excluding carboxylic acids is 1. The molecule has 3 aromatic rings. The number of hydrogen-bond acceptors (Lipinski definition) is 4. The Labute approximate surface area is 143 Å². The van der Waals surface area contributed by atoms with Gasteiger partial charge in [0.1, 0.15) is 0 Å². The number of aliphatic hydroxyl groups is 1. The Morgan fingerprint density at radius 3 is 2.75 bits per heavy atom. The second-order valence-corrected chi connectivity index (χ2v) is 6.14. The average Bonchev–Trinajstić information content (AvgIpc) is 3.27. The molecule has 6 nitrogen and oxygen atoms in total. The number of aliphatic hydroxyl groups excluding tert-OH is 1. The first-order valence-corrected chi connectivity index (χ1v) is 8.47. The van der Waals surface area contributed by atoms with Crippen molar-refractivity contribution in [3.63, 3.8) is 0 Å². The third-order valence-electron chi connectivity index (χ3n) is 3.46. The maximum atomic E-state index is 12.2. The molecular weight excluding hydrogens is 324 g/mol. The highest BCUT2D eigenvalue weighted by Crippen LogP contribution is 2.21. The molecule has 0 aliphatic rings. The quantitative estimate of drug-likeness (QED) is 0.644. The monoisotopic (exact) mass is 342 g/mol. The maximum absolute atomic E-state index is 12.2. The molecule has 24 heavy (non-hydrogen) atoms. The van der Waals surface area contributed by atoms with E-state index in [0.29, 0.717) is 12.2 Å². The highest BCUT2D eigenvalue weighted by atomic mass is 32.1. The number of amides is 2. The molecule has 0 saturated heterocycles. The van der Waals surface area contributed by atoms with Crippen LogP contribution in [0.25, 0.3) is 5.69 Å². The second kappa shape index (κ2) is 7.76. The topological polar surface area (TPSA) is 79.2 Å². The summed E-state index contributed by atoms with van der Waals surface area (Å²) in [7, 11) is 0. The minimum atomic E-state index is -0.347. The van der Waals surface area contributed by atoms with Crippen molar-refractivity contribution in [2.45, 2.75) is 12.5 Å². The van der Waals surface area contributed by atoms with Gasteiger partial charge in [-0.3, -0.25) is 5.32 Å². The fraction of sp³-hybridized carbons (Fsp3) is 0.176. The van der Waals surface area contributed by atoms with Crippen LogP contribution in [0.1, 0.15) is 17.3 Å². The molecule has 0 radical (unpaired) electrons. The standard InChI is InChI=1S/C17H18N4O2S/c22-11-9-14(15-7-4-12-24-15)18-17(23)19-16-8-10-21(20-16)13-5-2-1-3-6-13/h1-8,10,12,14,22H,9,11H2,(H2,18,19,20,23). The molecular formula is C17H18N4O2S. The van der Waals surface area contributed by atoms with Gasteiger partial charge in [0.25, 0.3) is 0 Å². The summed E-state index contributed by atoms with van der Waals surface area (Å²) in [4.78, 5) is 13.2. The van der Waals surface area contributed by atoms with Crippen molar-refractivity contribution in [1.29, 1.82) is 0 Å². The van der Waals surface area contributed by atoms with E-state index in [1.807, 2.05) is 47.8 Å². The van der Waals surface area contributed by atoms with E-state index in [0.717, 1.165) is 10.6 Å². The number of nitrogens with zero attached hydrogens (tertiary/aromatic N) is 2. The van der Waals surface area contributed by atoms with Crippen molar-refractivity contribution in [2.75, 3.05) is 11.9 Å². The Bertz CT molecular complexity index is 771. The number of para-hydroxylation sites is 1. The molecule has 2 heterocycles. The molecule has 0 spiro atoms. The Morgan fingerprint density at radius 2 is 2.04 bits per heavy atom. The fourth-order valence-electron chi connectivity index (χ4n) is 2.33. The predicted molar refractivity (Wildman–Crippen MR) is 94.5 cm³/mol. The lowest BCUT2D eigenvalue weighted by atomic mass is 10.2. The predicted octanol–water partition coefficient (Wildman–Crippen LogP) is 3.18. The van der Waals surface area contributed by atoms with Crippen LogP contribution in [0.4, 0.5) is 10.6 Å². The van der Waals surface area contributed by atoms with Gasteiger partial charge in [-0.2, -0.15) is 0 Å². The first kappa shape index (κ1) is 16.2. The number of thiophene rings is 1. The molecule has 0 fully saturated rings. The van der Waals surface area contributed by atoms with Crippen LogP contribution >= 0.6 is 11.3 Å². The van der Waals surface area contributed by atoms with Crippen molar-refractivity contribution in [3.05, 3.63) is 65.0 Å². The van der Waals surface area contributed by atoms with Crippen LogP contribution in [0, 0.1) is 0 Å². The van der Waals surface area contributed by atoms with Crippen molar-refractivity contribution < 1.29 is 9.90 Å². The van der Waals surface area contributed by atoms with Gasteiger partial charge in [-0.25, -0.2) is 9.48 Å². The lowest BCUT2D eigenvalue weighted by molar-refractivity contribution is 0.239. The van der Waals surface area contributed by atoms with E-state index in [1.54, 1.807) is 28.3 Å². The number of aromatic nitrogens is 2. The average molecular weight is 342 g/mol. The van der Waals surface area contributed by atoms with Gasteiger partial charge in [0.05, 0.1) is 11.7 Å². The van der Waals surface area contributed by atoms with E-state index >= 15 is 0 Å². The maximum Gasteiger partial charge on any atom is 0.320 e. The Hall–Kier alpha value is -2.64. The zero-order valence-corrected chi connectivity index (χ0v) is 13.7. The molecule has 2 amide bonds. The van der Waals surface area contributed by atoms with Gasteiger partial charge in [0, 0.05) is 23.7 Å². The van der Waals surface area contributed by atoms with Gasteiger partial charge in [-0.15, -0.1) is 16.4 Å². The zero-order valence-electron chi connectivity index (χ0n) is 12.9. The summed E-state index contributed by atoms with van der Waals surface area (Å²) in [5.74, 6) is 0.463. The second-order valence-electron chi connectivity index (χ2n) is 5.16. The number of hydrogen-bond donors (Lipinski definition) is 3. The molecule has 0 aliphatic carbocycles.